The largest absolute Gasteiger partial charge is 0.507 e. The second kappa shape index (κ2) is 5.01. The van der Waals surface area contributed by atoms with E-state index in [1.807, 2.05) is 0 Å². The highest BCUT2D eigenvalue weighted by molar-refractivity contribution is 6.30. The number of hydrogen-bond donors (Lipinski definition) is 2. The van der Waals surface area contributed by atoms with Crippen LogP contribution in [0.4, 0.5) is 0 Å². The van der Waals surface area contributed by atoms with Gasteiger partial charge >= 0.3 is 0 Å². The molecule has 0 bridgehead atoms. The fourth-order valence-corrected chi connectivity index (χ4v) is 2.84. The summed E-state index contributed by atoms with van der Waals surface area (Å²) in [5, 5.41) is 20.2. The summed E-state index contributed by atoms with van der Waals surface area (Å²) in [5.74, 6) is -1.79. The number of carbonyl (C=O) groups excluding carboxylic acids is 2. The van der Waals surface area contributed by atoms with Crippen LogP contribution < -0.4 is 9.47 Å². The molecule has 0 radical (unpaired) electrons. The second-order valence-corrected chi connectivity index (χ2v) is 5.25. The Balaban J connectivity index is 2.40. The highest BCUT2D eigenvalue weighted by atomic mass is 16.5. The Hall–Kier alpha value is -3.02. The minimum Gasteiger partial charge on any atom is -0.507 e. The molecule has 0 saturated heterocycles. The van der Waals surface area contributed by atoms with Crippen molar-refractivity contribution in [2.24, 2.45) is 0 Å². The van der Waals surface area contributed by atoms with Crippen molar-refractivity contribution in [2.75, 3.05) is 14.2 Å². The quantitative estimate of drug-likeness (QED) is 0.753. The number of aromatic hydroxyl groups is 2. The van der Waals surface area contributed by atoms with E-state index in [9.17, 15) is 19.8 Å². The molecule has 0 aliphatic heterocycles. The van der Waals surface area contributed by atoms with Crippen LogP contribution in [0.5, 0.6) is 23.0 Å². The third-order valence-corrected chi connectivity index (χ3v) is 3.85. The first kappa shape index (κ1) is 14.9. The van der Waals surface area contributed by atoms with Crippen molar-refractivity contribution in [1.82, 2.24) is 0 Å². The van der Waals surface area contributed by atoms with Crippen molar-refractivity contribution in [2.45, 2.75) is 6.92 Å². The average molecular weight is 314 g/mol. The Morgan fingerprint density at radius 1 is 0.870 bits per heavy atom. The SMILES string of the molecule is COc1cc2c(c(OC)c1O)C(=O)c1c(O)cc(C)cc1C2=O. The van der Waals surface area contributed by atoms with Gasteiger partial charge in [-0.2, -0.15) is 0 Å². The molecule has 3 rings (SSSR count). The Bertz CT molecular complexity index is 866. The average Bonchev–Trinajstić information content (AvgIpc) is 2.51. The number of ketones is 2. The molecule has 0 spiro atoms. The van der Waals surface area contributed by atoms with Gasteiger partial charge in [0.05, 0.1) is 25.3 Å². The van der Waals surface area contributed by atoms with E-state index in [2.05, 4.69) is 0 Å². The molecule has 0 amide bonds. The predicted octanol–water partition coefficient (Wildman–Crippen LogP) is 2.20. The fourth-order valence-electron chi connectivity index (χ4n) is 2.84. The van der Waals surface area contributed by atoms with Crippen LogP contribution in [0.3, 0.4) is 0 Å². The molecule has 2 aromatic carbocycles. The van der Waals surface area contributed by atoms with Gasteiger partial charge in [-0.25, -0.2) is 0 Å². The van der Waals surface area contributed by atoms with Gasteiger partial charge in [0.15, 0.2) is 17.3 Å². The predicted molar refractivity (Wildman–Crippen MR) is 80.9 cm³/mol. The molecule has 23 heavy (non-hydrogen) atoms. The highest BCUT2D eigenvalue weighted by Gasteiger charge is 2.37. The number of ether oxygens (including phenoxy) is 2. The van der Waals surface area contributed by atoms with Gasteiger partial charge in [0.2, 0.25) is 11.5 Å². The van der Waals surface area contributed by atoms with Crippen molar-refractivity contribution in [3.63, 3.8) is 0 Å². The molecule has 1 aliphatic carbocycles. The normalized spacial score (nSPS) is 12.7. The molecule has 0 fully saturated rings. The summed E-state index contributed by atoms with van der Waals surface area (Å²) in [4.78, 5) is 25.5. The summed E-state index contributed by atoms with van der Waals surface area (Å²) in [7, 11) is 2.61. The molecule has 0 unspecified atom stereocenters. The molecule has 118 valence electrons. The van der Waals surface area contributed by atoms with Crippen LogP contribution in [0.15, 0.2) is 18.2 Å². The Kier molecular flexibility index (Phi) is 3.25. The maximum Gasteiger partial charge on any atom is 0.202 e. The molecule has 0 saturated carbocycles. The van der Waals surface area contributed by atoms with Gasteiger partial charge < -0.3 is 19.7 Å². The molecule has 6 heteroatoms. The molecule has 0 atom stereocenters. The van der Waals surface area contributed by atoms with E-state index in [1.165, 1.54) is 26.4 Å². The molecule has 1 aliphatic rings. The number of aryl methyl sites for hydroxylation is 1. The monoisotopic (exact) mass is 314 g/mol. The van der Waals surface area contributed by atoms with Gasteiger partial charge in [-0.05, 0) is 30.7 Å². The smallest absolute Gasteiger partial charge is 0.202 e. The first-order chi connectivity index (χ1) is 10.9. The van der Waals surface area contributed by atoms with Gasteiger partial charge in [-0.1, -0.05) is 0 Å². The molecule has 2 N–H and O–H groups in total. The maximum atomic E-state index is 12.8. The van der Waals surface area contributed by atoms with E-state index in [1.54, 1.807) is 13.0 Å². The summed E-state index contributed by atoms with van der Waals surface area (Å²) in [5.41, 5.74) is 0.677. The zero-order valence-corrected chi connectivity index (χ0v) is 12.8. The Labute approximate surface area is 131 Å². The van der Waals surface area contributed by atoms with E-state index in [0.717, 1.165) is 0 Å². The molecule has 6 nitrogen and oxygen atoms in total. The van der Waals surface area contributed by atoms with Crippen molar-refractivity contribution >= 4 is 11.6 Å². The minimum absolute atomic E-state index is 0.0297. The van der Waals surface area contributed by atoms with Gasteiger partial charge in [0.1, 0.15) is 5.75 Å². The minimum atomic E-state index is -0.582. The summed E-state index contributed by atoms with van der Waals surface area (Å²) >= 11 is 0. The lowest BCUT2D eigenvalue weighted by Gasteiger charge is -2.22. The van der Waals surface area contributed by atoms with Crippen LogP contribution in [0, 0.1) is 6.92 Å². The van der Waals surface area contributed by atoms with Crippen LogP contribution >= 0.6 is 0 Å². The zero-order valence-electron chi connectivity index (χ0n) is 12.8. The standard InChI is InChI=1S/C17H14O6/c1-7-4-8-12(10(18)5-7)16(21)13-9(14(8)19)6-11(22-2)15(20)17(13)23-3/h4-6,18,20H,1-3H3. The molecular formula is C17H14O6. The number of benzene rings is 2. The second-order valence-electron chi connectivity index (χ2n) is 5.25. The molecule has 0 heterocycles. The third kappa shape index (κ3) is 1.95. The van der Waals surface area contributed by atoms with Gasteiger partial charge in [0.25, 0.3) is 0 Å². The lowest BCUT2D eigenvalue weighted by molar-refractivity contribution is 0.0973. The molecule has 2 aromatic rings. The summed E-state index contributed by atoms with van der Waals surface area (Å²) in [6.45, 7) is 1.71. The number of rotatable bonds is 2. The summed E-state index contributed by atoms with van der Waals surface area (Å²) < 4.78 is 10.1. The first-order valence-electron chi connectivity index (χ1n) is 6.81. The van der Waals surface area contributed by atoms with Gasteiger partial charge in [-0.3, -0.25) is 9.59 Å². The van der Waals surface area contributed by atoms with Gasteiger partial charge in [-0.15, -0.1) is 0 Å². The van der Waals surface area contributed by atoms with Crippen LogP contribution in [-0.2, 0) is 0 Å². The van der Waals surface area contributed by atoms with Crippen molar-refractivity contribution in [3.05, 3.63) is 46.0 Å². The Morgan fingerprint density at radius 3 is 2.13 bits per heavy atom. The van der Waals surface area contributed by atoms with E-state index in [-0.39, 0.29) is 45.3 Å². The van der Waals surface area contributed by atoms with Crippen LogP contribution in [0.25, 0.3) is 0 Å². The topological polar surface area (TPSA) is 93.1 Å². The van der Waals surface area contributed by atoms with E-state index >= 15 is 0 Å². The van der Waals surface area contributed by atoms with Gasteiger partial charge in [0, 0.05) is 11.1 Å². The number of phenols is 2. The fraction of sp³-hybridized carbons (Fsp3) is 0.176. The van der Waals surface area contributed by atoms with Crippen molar-refractivity contribution < 1.29 is 29.3 Å². The van der Waals surface area contributed by atoms with Crippen molar-refractivity contribution in [3.8, 4) is 23.0 Å². The summed E-state index contributed by atoms with van der Waals surface area (Å²) in [6, 6.07) is 4.25. The Morgan fingerprint density at radius 2 is 1.52 bits per heavy atom. The lowest BCUT2D eigenvalue weighted by atomic mass is 9.82. The molecular weight excluding hydrogens is 300 g/mol. The highest BCUT2D eigenvalue weighted by Crippen LogP contribution is 2.45. The van der Waals surface area contributed by atoms with Crippen LogP contribution in [-0.4, -0.2) is 36.0 Å². The first-order valence-corrected chi connectivity index (χ1v) is 6.81. The number of methoxy groups -OCH3 is 2. The third-order valence-electron chi connectivity index (χ3n) is 3.85. The number of carbonyl (C=O) groups is 2. The number of phenolic OH excluding ortho intramolecular Hbond substituents is 2. The number of hydrogen-bond acceptors (Lipinski definition) is 6. The van der Waals surface area contributed by atoms with Crippen molar-refractivity contribution in [1.29, 1.82) is 0 Å². The van der Waals surface area contributed by atoms with E-state index in [4.69, 9.17) is 9.47 Å². The molecule has 0 aromatic heterocycles. The lowest BCUT2D eigenvalue weighted by Crippen LogP contribution is -2.22. The maximum absolute atomic E-state index is 12.8. The summed E-state index contributed by atoms with van der Waals surface area (Å²) in [6.07, 6.45) is 0. The zero-order chi connectivity index (χ0) is 16.9. The van der Waals surface area contributed by atoms with Crippen LogP contribution in [0.2, 0.25) is 0 Å². The van der Waals surface area contributed by atoms with E-state index in [0.29, 0.717) is 5.56 Å². The van der Waals surface area contributed by atoms with Crippen LogP contribution in [0.1, 0.15) is 37.4 Å². The van der Waals surface area contributed by atoms with E-state index < -0.39 is 11.6 Å². The number of fused-ring (bicyclic) bond motifs is 2.